The largest absolute Gasteiger partial charge is 0.472 e. The van der Waals surface area contributed by atoms with E-state index >= 15 is 0 Å². The third-order valence-electron chi connectivity index (χ3n) is 17.7. The summed E-state index contributed by atoms with van der Waals surface area (Å²) in [5.74, 6) is 0.586. The smallest absolute Gasteiger partial charge is 0.387 e. The number of phosphoric ester groups is 3. The van der Waals surface area contributed by atoms with Crippen LogP contribution < -0.4 is 11.1 Å². The van der Waals surface area contributed by atoms with Gasteiger partial charge in [0, 0.05) is 19.4 Å². The minimum absolute atomic E-state index is 0.00172. The van der Waals surface area contributed by atoms with E-state index in [0.29, 0.717) is 11.6 Å². The zero-order valence-corrected chi connectivity index (χ0v) is 55.3. The number of benzene rings is 6. The summed E-state index contributed by atoms with van der Waals surface area (Å²) in [6.07, 6.45) is -12.6. The zero-order valence-electron chi connectivity index (χ0n) is 50.9. The first-order valence-corrected chi connectivity index (χ1v) is 37.6. The van der Waals surface area contributed by atoms with Crippen LogP contribution in [-0.4, -0.2) is 158 Å². The number of aliphatic hydroxyl groups is 1. The first kappa shape index (κ1) is 65.9. The molecule has 31 nitrogen and oxygen atoms in total. The topological polar surface area (TPSA) is 399 Å². The van der Waals surface area contributed by atoms with Gasteiger partial charge < -0.3 is 62.9 Å². The second-order valence-electron chi connectivity index (χ2n) is 23.9. The molecule has 4 aromatic heterocycles. The summed E-state index contributed by atoms with van der Waals surface area (Å²) in [5.41, 5.74) is 0.903. The second-order valence-corrected chi connectivity index (χ2v) is 30.9. The van der Waals surface area contributed by atoms with Crippen LogP contribution in [0.25, 0.3) is 65.4 Å². The highest BCUT2D eigenvalue weighted by Gasteiger charge is 2.54. The lowest BCUT2D eigenvalue weighted by Crippen LogP contribution is -2.38. The van der Waals surface area contributed by atoms with Crippen molar-refractivity contribution >= 4 is 107 Å². The van der Waals surface area contributed by atoms with Crippen LogP contribution in [0.1, 0.15) is 67.2 Å². The number of fused-ring (bicyclic) bond motifs is 9. The fraction of sp³-hybridized carbons (Fsp3) is 0.400. The Bertz CT molecular complexity index is 4960. The van der Waals surface area contributed by atoms with E-state index in [4.69, 9.17) is 71.7 Å². The summed E-state index contributed by atoms with van der Waals surface area (Å²) in [6, 6.07) is 31.8. The Kier molecular flexibility index (Phi) is 17.6. The minimum Gasteiger partial charge on any atom is -0.387 e. The van der Waals surface area contributed by atoms with E-state index in [1.165, 1.54) is 21.8 Å². The van der Waals surface area contributed by atoms with Crippen molar-refractivity contribution < 1.29 is 98.2 Å². The second kappa shape index (κ2) is 25.6. The third-order valence-corrected chi connectivity index (χ3v) is 22.3. The number of nitrogens with one attached hydrogen (secondary N) is 2. The predicted molar refractivity (Wildman–Crippen MR) is 343 cm³/mol. The van der Waals surface area contributed by atoms with Gasteiger partial charge in [0.15, 0.2) is 34.8 Å². The van der Waals surface area contributed by atoms with Crippen molar-refractivity contribution in [1.29, 1.82) is 0 Å². The molecule has 6 unspecified atom stereocenters. The molecule has 0 aliphatic carbocycles. The molecule has 36 heteroatoms. The molecule has 506 valence electrons. The van der Waals surface area contributed by atoms with E-state index in [1.54, 1.807) is 20.8 Å². The number of phosphoric acid groups is 3. The van der Waals surface area contributed by atoms with E-state index in [9.17, 15) is 48.0 Å². The fourth-order valence-electron chi connectivity index (χ4n) is 13.6. The summed E-state index contributed by atoms with van der Waals surface area (Å²) in [6.45, 7) is -1.18. The maximum Gasteiger partial charge on any atom is 0.472 e. The van der Waals surface area contributed by atoms with Gasteiger partial charge in [-0.2, -0.15) is 0 Å². The number of hydrogen-bond acceptors (Lipinski definition) is 24. The molecule has 0 radical (unpaired) electrons. The summed E-state index contributed by atoms with van der Waals surface area (Å²) in [5, 5.41) is 19.6. The number of aryl methyl sites for hydroxylation is 2. The van der Waals surface area contributed by atoms with Crippen molar-refractivity contribution in [1.82, 2.24) is 39.0 Å². The lowest BCUT2D eigenvalue weighted by atomic mass is 9.90. The van der Waals surface area contributed by atoms with Crippen molar-refractivity contribution in [2.45, 2.75) is 119 Å². The molecule has 6 aliphatic rings. The number of aromatic nitrogens is 8. The highest BCUT2D eigenvalue weighted by molar-refractivity contribution is 8.07. The van der Waals surface area contributed by atoms with Gasteiger partial charge in [-0.15, -0.1) is 0 Å². The Labute approximate surface area is 547 Å². The molecule has 6 aromatic carbocycles. The van der Waals surface area contributed by atoms with Crippen LogP contribution in [0.3, 0.4) is 0 Å². The average Bonchev–Trinajstić information content (AvgIpc) is 1.41. The quantitative estimate of drug-likeness (QED) is 0.0619. The van der Waals surface area contributed by atoms with Gasteiger partial charge in [0.25, 0.3) is 11.1 Å². The first-order chi connectivity index (χ1) is 46.0. The number of imidazole rings is 2. The number of aliphatic hydroxyl groups excluding tert-OH is 1. The Morgan fingerprint density at radius 3 is 1.66 bits per heavy atom. The van der Waals surface area contributed by atoms with Crippen molar-refractivity contribution in [2.75, 3.05) is 33.0 Å². The number of nitrogens with zero attached hydrogens (tertiary/aromatic N) is 6. The standard InChI is InChI=1S/C32H30N4O11P2S.C28H32N4O12P2/c1-15-34-30-27(31(38)35-15)33-14-36(30)32-29-28(37)24(45-32)13-42-48(39,40)46-22-11-21(44-23(22)12-43-49(41,50)47-29)19-9-7-18-6-5-16-3-2-4-17-8-10-20(19)26(18)25(16)17;1-3-38-24-22-13-40-45(34,35)43-20-11-19(18-10-6-8-16-7-4-5-9-17(16)18)41-21(20)12-39-46(36,37)44-25(24)28(42-22)32-14-29-23-26(32)30-15(2)31-27(23)33/h2-10,14,21-24,28-29,32,37H,11-13H2,1H3,(H,39,40)(H,41,50)(H,34,35,38);4-10,14,19-22,24-25,28H,3,11-13H2,1-2H3,(H,34,35)(H,36,37)(H,30,31,33)/t21-,22-,23-,24-,28?,29+,32-,49?;19-,20-,21-,22-,24?,25+,28-/m11/s1. The molecule has 18 atom stereocenters. The highest BCUT2D eigenvalue weighted by atomic mass is 32.5. The zero-order chi connectivity index (χ0) is 66.7. The van der Waals surface area contributed by atoms with Crippen molar-refractivity contribution in [3.8, 4) is 0 Å². The Morgan fingerprint density at radius 1 is 0.542 bits per heavy atom. The fourth-order valence-corrected chi connectivity index (χ4v) is 17.8. The number of H-pyrrole nitrogens is 2. The molecule has 16 rings (SSSR count). The van der Waals surface area contributed by atoms with Gasteiger partial charge in [0.1, 0.15) is 72.7 Å². The molecule has 96 heavy (non-hydrogen) atoms. The van der Waals surface area contributed by atoms with Crippen LogP contribution in [-0.2, 0) is 85.4 Å². The van der Waals surface area contributed by atoms with Crippen LogP contribution >= 0.6 is 30.2 Å². The van der Waals surface area contributed by atoms with E-state index in [1.807, 2.05) is 66.7 Å². The highest BCUT2D eigenvalue weighted by Crippen LogP contribution is 2.57. The molecule has 0 amide bonds. The van der Waals surface area contributed by atoms with Gasteiger partial charge in [0.2, 0.25) is 0 Å². The summed E-state index contributed by atoms with van der Waals surface area (Å²) in [7, 11) is -14.4. The molecular formula is C60H62N8O23P4S. The normalized spacial score (nSPS) is 34.6. The SMILES string of the molecule is CCOC1[C@H]2COP(=O)(O)O[C@@H]3C[C@H](c4cccc5ccccc45)O[C@@H]3COP(=O)(O)O[C@@H]1[C@H](n1cnc3c(=O)[nH]c(C)nc31)O2.Cc1nc2c(ncn2[C@@H]2O[C@@H]3COP(=O)(O)O[C@@H]4C[C@H](c5ccc6ccc7cccc8ccc5c6c78)O[C@@H]4COP(O)(=S)O[C@H]2C3O)c(=O)[nH]1. The average molecular weight is 1420 g/mol. The molecular weight excluding hydrogens is 1360 g/mol. The first-order valence-electron chi connectivity index (χ1n) is 30.5. The maximum atomic E-state index is 13.5. The number of ether oxygens (including phenoxy) is 5. The van der Waals surface area contributed by atoms with Gasteiger partial charge >= 0.3 is 30.2 Å². The molecule has 7 N–H and O–H groups in total. The van der Waals surface area contributed by atoms with Crippen molar-refractivity contribution in [3.05, 3.63) is 153 Å². The Morgan fingerprint density at radius 2 is 1.03 bits per heavy atom. The molecule has 4 bridgehead atoms. The van der Waals surface area contributed by atoms with E-state index in [0.717, 1.165) is 54.2 Å². The number of hydrogen-bond donors (Lipinski definition) is 7. The van der Waals surface area contributed by atoms with E-state index < -0.39 is 147 Å². The van der Waals surface area contributed by atoms with Crippen molar-refractivity contribution in [2.24, 2.45) is 0 Å². The number of aromatic amines is 2. The molecule has 6 saturated heterocycles. The van der Waals surface area contributed by atoms with Gasteiger partial charge in [-0.25, -0.2) is 33.6 Å². The molecule has 10 aromatic rings. The Hall–Kier alpha value is -6.06. The van der Waals surface area contributed by atoms with Gasteiger partial charge in [-0.05, 0) is 86.8 Å². The third kappa shape index (κ3) is 12.7. The summed E-state index contributed by atoms with van der Waals surface area (Å²) < 4.78 is 118. The van der Waals surface area contributed by atoms with Crippen LogP contribution in [0.4, 0.5) is 0 Å². The molecule has 0 saturated carbocycles. The van der Waals surface area contributed by atoms with E-state index in [2.05, 4.69) is 60.2 Å². The van der Waals surface area contributed by atoms with E-state index in [-0.39, 0.29) is 48.4 Å². The molecule has 0 spiro atoms. The van der Waals surface area contributed by atoms with Crippen LogP contribution in [0.2, 0.25) is 0 Å². The lowest BCUT2D eigenvalue weighted by molar-refractivity contribution is -0.0646. The Balaban J connectivity index is 0.000000158. The van der Waals surface area contributed by atoms with Crippen LogP contribution in [0.5, 0.6) is 0 Å². The van der Waals surface area contributed by atoms with Crippen LogP contribution in [0.15, 0.2) is 119 Å². The lowest BCUT2D eigenvalue weighted by Gasteiger charge is -2.27. The summed E-state index contributed by atoms with van der Waals surface area (Å²) in [4.78, 5) is 91.0. The van der Waals surface area contributed by atoms with Crippen LogP contribution in [0, 0.1) is 13.8 Å². The van der Waals surface area contributed by atoms with Gasteiger partial charge in [0.05, 0.1) is 51.3 Å². The maximum absolute atomic E-state index is 13.5. The number of rotatable bonds is 6. The minimum atomic E-state index is -4.88. The summed E-state index contributed by atoms with van der Waals surface area (Å²) >= 11 is 5.38. The predicted octanol–water partition coefficient (Wildman–Crippen LogP) is 7.68. The van der Waals surface area contributed by atoms with Crippen molar-refractivity contribution in [3.63, 3.8) is 0 Å². The van der Waals surface area contributed by atoms with Gasteiger partial charge in [-0.1, -0.05) is 97.1 Å². The molecule has 6 aliphatic heterocycles. The monoisotopic (exact) mass is 1420 g/mol. The van der Waals surface area contributed by atoms with Gasteiger partial charge in [-0.3, -0.25) is 50.4 Å². The molecule has 6 fully saturated rings. The molecule has 10 heterocycles.